The lowest BCUT2D eigenvalue weighted by Crippen LogP contribution is -2.49. The quantitative estimate of drug-likeness (QED) is 0.347. The Hall–Kier alpha value is -3.00. The largest absolute Gasteiger partial charge is 0.368 e. The van der Waals surface area contributed by atoms with Crippen LogP contribution in [0.1, 0.15) is 71.6 Å². The van der Waals surface area contributed by atoms with Crippen LogP contribution in [0.2, 0.25) is 0 Å². The number of halogens is 1. The fourth-order valence-electron chi connectivity index (χ4n) is 4.13. The molecule has 2 aliphatic rings. The smallest absolute Gasteiger partial charge is 0.224 e. The molecule has 0 spiro atoms. The van der Waals surface area contributed by atoms with E-state index in [1.807, 2.05) is 27.0 Å². The molecule has 0 aromatic carbocycles. The zero-order chi connectivity index (χ0) is 27.8. The van der Waals surface area contributed by atoms with Crippen LogP contribution in [0.5, 0.6) is 0 Å². The fourth-order valence-corrected chi connectivity index (χ4v) is 4.13. The molecule has 0 bridgehead atoms. The average molecular weight is 515 g/mol. The van der Waals surface area contributed by atoms with Gasteiger partial charge in [0.05, 0.1) is 5.70 Å². The second-order valence-electron chi connectivity index (χ2n) is 8.98. The predicted octanol–water partition coefficient (Wildman–Crippen LogP) is 5.64. The van der Waals surface area contributed by atoms with Crippen molar-refractivity contribution in [2.45, 2.75) is 79.7 Å². The Labute approximate surface area is 223 Å². The first-order chi connectivity index (χ1) is 17.8. The Morgan fingerprint density at radius 3 is 2.73 bits per heavy atom. The highest BCUT2D eigenvalue weighted by molar-refractivity contribution is 5.78. The lowest BCUT2D eigenvalue weighted by Gasteiger charge is -2.35. The van der Waals surface area contributed by atoms with E-state index in [1.54, 1.807) is 19.3 Å². The molecule has 2 N–H and O–H groups in total. The number of allylic oxidation sites excluding steroid dienone is 4. The van der Waals surface area contributed by atoms with Crippen LogP contribution < -0.4 is 15.5 Å². The van der Waals surface area contributed by atoms with Crippen molar-refractivity contribution >= 4 is 18.3 Å². The molecular formula is C29H47FN6O. The first-order valence-corrected chi connectivity index (χ1v) is 13.5. The number of nitrogens with zero attached hydrogens (tertiary/aromatic N) is 4. The minimum absolute atomic E-state index is 0.177. The zero-order valence-corrected chi connectivity index (χ0v) is 23.9. The van der Waals surface area contributed by atoms with Crippen LogP contribution in [0.4, 0.5) is 10.1 Å². The number of aromatic nitrogens is 1. The van der Waals surface area contributed by atoms with Crippen molar-refractivity contribution in [3.63, 3.8) is 0 Å². The van der Waals surface area contributed by atoms with E-state index in [2.05, 4.69) is 59.2 Å². The number of piperazine rings is 1. The standard InChI is InChI=1S/C14H23N3.C13H18FN3O.C2H6/c1-4-5-13-12(3)16-7-6-14(13)17-9-8-15-11(2)10-17;1-4-5-13(18)16-12-8-10(6-7-11(12)14)9-17(3)15-2;1-2/h6-7,11,15H,4-5,8-10H2,1-3H3;7-9H,2,4-6H2,1,3H3,(H,16,18);1-2H3/b;10-9+;. The fraction of sp³-hybridized carbons (Fsp3) is 0.552. The molecule has 1 fully saturated rings. The minimum atomic E-state index is -0.397. The summed E-state index contributed by atoms with van der Waals surface area (Å²) in [6.07, 6.45) is 10.6. The molecule has 206 valence electrons. The number of anilines is 1. The van der Waals surface area contributed by atoms with Crippen LogP contribution in [0.25, 0.3) is 0 Å². The summed E-state index contributed by atoms with van der Waals surface area (Å²) in [4.78, 5) is 18.4. The molecule has 8 heteroatoms. The molecule has 1 aliphatic heterocycles. The summed E-state index contributed by atoms with van der Waals surface area (Å²) in [5.41, 5.74) is 5.09. The van der Waals surface area contributed by atoms with E-state index in [-0.39, 0.29) is 11.6 Å². The third-order valence-electron chi connectivity index (χ3n) is 5.89. The van der Waals surface area contributed by atoms with Crippen LogP contribution in [0.15, 0.2) is 52.8 Å². The molecule has 1 aromatic heterocycles. The topological polar surface area (TPSA) is 72.9 Å². The van der Waals surface area contributed by atoms with Gasteiger partial charge in [0.1, 0.15) is 5.83 Å². The molecule has 3 rings (SSSR count). The number of carbonyl (C=O) groups excluding carboxylic acids is 1. The Bertz CT molecular complexity index is 956. The first-order valence-electron chi connectivity index (χ1n) is 13.5. The Balaban J connectivity index is 0.000000347. The Kier molecular flexibility index (Phi) is 15.1. The normalized spacial score (nSPS) is 17.9. The number of hydrazone groups is 1. The van der Waals surface area contributed by atoms with E-state index >= 15 is 0 Å². The molecule has 1 aliphatic carbocycles. The third kappa shape index (κ3) is 10.9. The van der Waals surface area contributed by atoms with E-state index in [4.69, 9.17) is 0 Å². The summed E-state index contributed by atoms with van der Waals surface area (Å²) in [5.74, 6) is -0.574. The second kappa shape index (κ2) is 17.5. The van der Waals surface area contributed by atoms with Crippen LogP contribution in [0, 0.1) is 6.92 Å². The van der Waals surface area contributed by atoms with Gasteiger partial charge in [-0.1, -0.05) is 34.1 Å². The van der Waals surface area contributed by atoms with Crippen LogP contribution in [0.3, 0.4) is 0 Å². The molecule has 1 saturated heterocycles. The van der Waals surface area contributed by atoms with E-state index in [0.29, 0.717) is 18.9 Å². The van der Waals surface area contributed by atoms with E-state index in [1.165, 1.54) is 34.5 Å². The number of rotatable bonds is 8. The van der Waals surface area contributed by atoms with Gasteiger partial charge in [-0.05, 0) is 62.5 Å². The predicted molar refractivity (Wildman–Crippen MR) is 154 cm³/mol. The van der Waals surface area contributed by atoms with Crippen molar-refractivity contribution in [3.8, 4) is 0 Å². The maximum absolute atomic E-state index is 13.5. The third-order valence-corrected chi connectivity index (χ3v) is 5.89. The Morgan fingerprint density at radius 1 is 1.38 bits per heavy atom. The summed E-state index contributed by atoms with van der Waals surface area (Å²) in [7, 11) is 1.73. The highest BCUT2D eigenvalue weighted by Crippen LogP contribution is 2.25. The number of pyridine rings is 1. The Morgan fingerprint density at radius 2 is 2.11 bits per heavy atom. The molecule has 2 heterocycles. The average Bonchev–Trinajstić information content (AvgIpc) is 2.89. The van der Waals surface area contributed by atoms with E-state index in [9.17, 15) is 9.18 Å². The highest BCUT2D eigenvalue weighted by atomic mass is 19.1. The van der Waals surface area contributed by atoms with Crippen molar-refractivity contribution in [2.75, 3.05) is 31.6 Å². The molecular weight excluding hydrogens is 467 g/mol. The molecule has 1 aromatic rings. The first kappa shape index (κ1) is 32.0. The van der Waals surface area contributed by atoms with Crippen molar-refractivity contribution in [3.05, 3.63) is 59.0 Å². The summed E-state index contributed by atoms with van der Waals surface area (Å²) >= 11 is 0. The lowest BCUT2D eigenvalue weighted by molar-refractivity contribution is -0.120. The van der Waals surface area contributed by atoms with Gasteiger partial charge < -0.3 is 15.5 Å². The summed E-state index contributed by atoms with van der Waals surface area (Å²) in [5, 5.41) is 11.3. The maximum atomic E-state index is 13.5. The van der Waals surface area contributed by atoms with Gasteiger partial charge in [0.2, 0.25) is 5.91 Å². The van der Waals surface area contributed by atoms with Gasteiger partial charge in [0.25, 0.3) is 0 Å². The highest BCUT2D eigenvalue weighted by Gasteiger charge is 2.19. The number of hydrogen-bond donors (Lipinski definition) is 2. The molecule has 7 nitrogen and oxygen atoms in total. The minimum Gasteiger partial charge on any atom is -0.368 e. The van der Waals surface area contributed by atoms with E-state index in [0.717, 1.165) is 38.0 Å². The van der Waals surface area contributed by atoms with Gasteiger partial charge in [0, 0.05) is 69.6 Å². The summed E-state index contributed by atoms with van der Waals surface area (Å²) < 4.78 is 13.5. The van der Waals surface area contributed by atoms with Gasteiger partial charge in [-0.15, -0.1) is 0 Å². The number of aryl methyl sites for hydroxylation is 1. The number of nitrogens with one attached hydrogen (secondary N) is 2. The van der Waals surface area contributed by atoms with Gasteiger partial charge in [-0.3, -0.25) is 14.8 Å². The van der Waals surface area contributed by atoms with Gasteiger partial charge in [0.15, 0.2) is 0 Å². The molecule has 37 heavy (non-hydrogen) atoms. The zero-order valence-electron chi connectivity index (χ0n) is 23.9. The van der Waals surface area contributed by atoms with Crippen molar-refractivity contribution in [2.24, 2.45) is 5.10 Å². The van der Waals surface area contributed by atoms with Crippen LogP contribution >= 0.6 is 0 Å². The summed E-state index contributed by atoms with van der Waals surface area (Å²) in [6, 6.07) is 2.75. The van der Waals surface area contributed by atoms with Crippen molar-refractivity contribution in [1.82, 2.24) is 20.6 Å². The monoisotopic (exact) mass is 514 g/mol. The van der Waals surface area contributed by atoms with Crippen LogP contribution in [-0.2, 0) is 11.2 Å². The number of carbonyl (C=O) groups is 1. The van der Waals surface area contributed by atoms with Crippen molar-refractivity contribution in [1.29, 1.82) is 0 Å². The van der Waals surface area contributed by atoms with Gasteiger partial charge in [-0.25, -0.2) is 4.39 Å². The summed E-state index contributed by atoms with van der Waals surface area (Å²) in [6.45, 7) is 19.2. The lowest BCUT2D eigenvalue weighted by atomic mass is 10.0. The van der Waals surface area contributed by atoms with Gasteiger partial charge in [-0.2, -0.15) is 5.10 Å². The molecule has 0 saturated carbocycles. The van der Waals surface area contributed by atoms with Crippen LogP contribution in [-0.4, -0.2) is 55.3 Å². The van der Waals surface area contributed by atoms with E-state index < -0.39 is 5.83 Å². The number of hydrogen-bond acceptors (Lipinski definition) is 6. The number of amides is 1. The maximum Gasteiger partial charge on any atom is 0.224 e. The molecule has 0 radical (unpaired) electrons. The van der Waals surface area contributed by atoms with Gasteiger partial charge >= 0.3 is 0 Å². The molecule has 1 amide bonds. The second-order valence-corrected chi connectivity index (χ2v) is 8.98. The molecule has 1 atom stereocenters. The van der Waals surface area contributed by atoms with Crippen molar-refractivity contribution < 1.29 is 9.18 Å². The molecule has 1 unspecified atom stereocenters. The SMILES string of the molecule is C=NN(C)/C=C1/C=C(NC(=O)CCC)C(F)=CC1.CC.CCCc1c(N2CCNC(C)C2)ccnc1C.